The normalized spacial score (nSPS) is 28.1. The summed E-state index contributed by atoms with van der Waals surface area (Å²) in [4.78, 5) is 2.46. The van der Waals surface area contributed by atoms with Crippen LogP contribution < -0.4 is 9.64 Å². The Bertz CT molecular complexity index is 1140. The summed E-state index contributed by atoms with van der Waals surface area (Å²) >= 11 is 0. The van der Waals surface area contributed by atoms with Gasteiger partial charge in [0.2, 0.25) is 0 Å². The van der Waals surface area contributed by atoms with Crippen molar-refractivity contribution < 1.29 is 9.47 Å². The zero-order chi connectivity index (χ0) is 21.1. The van der Waals surface area contributed by atoms with E-state index < -0.39 is 5.72 Å². The second-order valence-corrected chi connectivity index (χ2v) is 9.46. The molecule has 0 amide bonds. The van der Waals surface area contributed by atoms with Crippen molar-refractivity contribution in [3.05, 3.63) is 102 Å². The summed E-state index contributed by atoms with van der Waals surface area (Å²) in [5.41, 5.74) is 4.14. The Morgan fingerprint density at radius 3 is 2.29 bits per heavy atom. The van der Waals surface area contributed by atoms with Gasteiger partial charge in [-0.2, -0.15) is 0 Å². The summed E-state index contributed by atoms with van der Waals surface area (Å²) < 4.78 is 13.3. The largest absolute Gasteiger partial charge is 0.465 e. The molecular formula is C28H27NO2. The molecule has 3 atom stereocenters. The molecule has 3 aliphatic heterocycles. The fourth-order valence-corrected chi connectivity index (χ4v) is 5.68. The molecule has 3 aromatic carbocycles. The minimum absolute atomic E-state index is 0.183. The summed E-state index contributed by atoms with van der Waals surface area (Å²) in [7, 11) is 0. The fourth-order valence-electron chi connectivity index (χ4n) is 5.68. The molecule has 0 unspecified atom stereocenters. The lowest BCUT2D eigenvalue weighted by Crippen LogP contribution is -2.65. The van der Waals surface area contributed by atoms with E-state index in [2.05, 4.69) is 110 Å². The molecule has 0 aliphatic carbocycles. The van der Waals surface area contributed by atoms with E-state index in [1.54, 1.807) is 0 Å². The van der Waals surface area contributed by atoms with Crippen LogP contribution in [-0.4, -0.2) is 17.9 Å². The van der Waals surface area contributed by atoms with Gasteiger partial charge in [-0.25, -0.2) is 0 Å². The number of benzene rings is 3. The van der Waals surface area contributed by atoms with E-state index in [0.717, 1.165) is 17.9 Å². The van der Waals surface area contributed by atoms with Crippen LogP contribution in [0.4, 0.5) is 5.69 Å². The molecule has 0 aromatic heterocycles. The number of ether oxygens (including phenoxy) is 2. The molecule has 0 N–H and O–H groups in total. The van der Waals surface area contributed by atoms with Crippen molar-refractivity contribution in [3.63, 3.8) is 0 Å². The number of hydrogen-bond acceptors (Lipinski definition) is 3. The smallest absolute Gasteiger partial charge is 0.196 e. The Morgan fingerprint density at radius 2 is 1.52 bits per heavy atom. The molecule has 156 valence electrons. The number of rotatable bonds is 2. The minimum Gasteiger partial charge on any atom is -0.465 e. The van der Waals surface area contributed by atoms with Crippen molar-refractivity contribution in [2.24, 2.45) is 5.92 Å². The van der Waals surface area contributed by atoms with Gasteiger partial charge >= 0.3 is 0 Å². The molecule has 3 aliphatic rings. The Balaban J connectivity index is 1.62. The number of nitrogens with zero attached hydrogens (tertiary/aromatic N) is 1. The van der Waals surface area contributed by atoms with E-state index in [1.807, 2.05) is 0 Å². The Labute approximate surface area is 183 Å². The van der Waals surface area contributed by atoms with Gasteiger partial charge in [0.15, 0.2) is 5.72 Å². The number of hydrogen-bond donors (Lipinski definition) is 0. The van der Waals surface area contributed by atoms with Gasteiger partial charge in [0.1, 0.15) is 5.75 Å². The summed E-state index contributed by atoms with van der Waals surface area (Å²) in [6, 6.07) is 30.0. The molecule has 1 spiro atoms. The topological polar surface area (TPSA) is 21.7 Å². The SMILES string of the molecule is CC1(C)C[C@@]23Oc4ccccc4N2C(c2ccccc2)=C[C@H](c2ccccc2)[C@@H]3CO1. The van der Waals surface area contributed by atoms with Crippen molar-refractivity contribution in [3.8, 4) is 5.75 Å². The fraction of sp³-hybridized carbons (Fsp3) is 0.286. The standard InChI is InChI=1S/C28H27NO2/c1-27(2)19-28-23(18-30-27)22(20-11-5-3-6-12-20)17-25(21-13-7-4-8-14-21)29(28)24-15-9-10-16-26(24)31-28/h3-17,22-23H,18-19H2,1-2H3/t22-,23+,28+/m1/s1. The second kappa shape index (κ2) is 6.73. The zero-order valence-corrected chi connectivity index (χ0v) is 18.0. The highest BCUT2D eigenvalue weighted by Gasteiger charge is 2.62. The summed E-state index contributed by atoms with van der Waals surface area (Å²) in [6.07, 6.45) is 3.23. The van der Waals surface area contributed by atoms with Gasteiger partial charge in [0.25, 0.3) is 0 Å². The third-order valence-corrected chi connectivity index (χ3v) is 6.95. The molecule has 3 nitrogen and oxygen atoms in total. The molecule has 3 aromatic rings. The van der Waals surface area contributed by atoms with Crippen LogP contribution in [-0.2, 0) is 4.74 Å². The van der Waals surface area contributed by atoms with Crippen molar-refractivity contribution in [2.45, 2.75) is 37.5 Å². The summed E-state index contributed by atoms with van der Waals surface area (Å²) in [5.74, 6) is 1.35. The van der Waals surface area contributed by atoms with E-state index in [1.165, 1.54) is 16.8 Å². The van der Waals surface area contributed by atoms with E-state index in [4.69, 9.17) is 9.47 Å². The monoisotopic (exact) mass is 409 g/mol. The van der Waals surface area contributed by atoms with Crippen LogP contribution in [0.1, 0.15) is 37.3 Å². The average Bonchev–Trinajstić information content (AvgIpc) is 3.11. The molecule has 1 fully saturated rings. The third kappa shape index (κ3) is 2.84. The van der Waals surface area contributed by atoms with Crippen LogP contribution in [0.25, 0.3) is 5.70 Å². The number of anilines is 1. The first-order valence-corrected chi connectivity index (χ1v) is 11.1. The van der Waals surface area contributed by atoms with Crippen LogP contribution in [0.2, 0.25) is 0 Å². The van der Waals surface area contributed by atoms with Gasteiger partial charge < -0.3 is 9.47 Å². The quantitative estimate of drug-likeness (QED) is 0.500. The van der Waals surface area contributed by atoms with Crippen molar-refractivity contribution in [2.75, 3.05) is 11.5 Å². The second-order valence-electron chi connectivity index (χ2n) is 9.46. The van der Waals surface area contributed by atoms with Crippen molar-refractivity contribution in [1.82, 2.24) is 0 Å². The first-order valence-electron chi connectivity index (χ1n) is 11.1. The van der Waals surface area contributed by atoms with Gasteiger partial charge in [-0.15, -0.1) is 0 Å². The molecule has 31 heavy (non-hydrogen) atoms. The Morgan fingerprint density at radius 1 is 0.839 bits per heavy atom. The van der Waals surface area contributed by atoms with E-state index in [9.17, 15) is 0 Å². The van der Waals surface area contributed by atoms with Gasteiger partial charge in [-0.05, 0) is 37.1 Å². The highest BCUT2D eigenvalue weighted by Crippen LogP contribution is 2.59. The summed E-state index contributed by atoms with van der Waals surface area (Å²) in [6.45, 7) is 5.02. The molecule has 0 bridgehead atoms. The van der Waals surface area contributed by atoms with Gasteiger partial charge in [0.05, 0.1) is 23.8 Å². The highest BCUT2D eigenvalue weighted by molar-refractivity contribution is 5.87. The third-order valence-electron chi connectivity index (χ3n) is 6.95. The van der Waals surface area contributed by atoms with E-state index in [-0.39, 0.29) is 17.4 Å². The van der Waals surface area contributed by atoms with Crippen molar-refractivity contribution in [1.29, 1.82) is 0 Å². The molecule has 1 saturated heterocycles. The van der Waals surface area contributed by atoms with Gasteiger partial charge in [0, 0.05) is 18.0 Å². The first-order chi connectivity index (χ1) is 15.1. The highest BCUT2D eigenvalue weighted by atomic mass is 16.6. The van der Waals surface area contributed by atoms with Crippen LogP contribution in [0.5, 0.6) is 5.75 Å². The molecule has 3 heteroatoms. The maximum absolute atomic E-state index is 6.95. The number of fused-ring (bicyclic) bond motifs is 2. The van der Waals surface area contributed by atoms with Crippen molar-refractivity contribution >= 4 is 11.4 Å². The molecule has 0 radical (unpaired) electrons. The average molecular weight is 410 g/mol. The molecule has 0 saturated carbocycles. The lowest BCUT2D eigenvalue weighted by atomic mass is 9.70. The Kier molecular flexibility index (Phi) is 4.06. The maximum Gasteiger partial charge on any atom is 0.196 e. The lowest BCUT2D eigenvalue weighted by Gasteiger charge is -2.56. The first kappa shape index (κ1) is 18.7. The maximum atomic E-state index is 6.95. The molecule has 3 heterocycles. The van der Waals surface area contributed by atoms with Gasteiger partial charge in [-0.1, -0.05) is 78.9 Å². The molecule has 6 rings (SSSR count). The zero-order valence-electron chi connectivity index (χ0n) is 18.0. The number of para-hydroxylation sites is 2. The number of allylic oxidation sites excluding steroid dienone is 1. The Hall–Kier alpha value is -3.04. The van der Waals surface area contributed by atoms with Crippen LogP contribution in [0.15, 0.2) is 91.0 Å². The van der Waals surface area contributed by atoms with Crippen LogP contribution in [0, 0.1) is 5.92 Å². The predicted octanol–water partition coefficient (Wildman–Crippen LogP) is 6.24. The van der Waals surface area contributed by atoms with E-state index >= 15 is 0 Å². The predicted molar refractivity (Wildman–Crippen MR) is 124 cm³/mol. The van der Waals surface area contributed by atoms with E-state index in [0.29, 0.717) is 6.61 Å². The minimum atomic E-state index is -0.480. The van der Waals surface area contributed by atoms with Crippen LogP contribution >= 0.6 is 0 Å². The lowest BCUT2D eigenvalue weighted by molar-refractivity contribution is -0.165. The van der Waals surface area contributed by atoms with Crippen LogP contribution in [0.3, 0.4) is 0 Å². The summed E-state index contributed by atoms with van der Waals surface area (Å²) in [5, 5.41) is 0. The molecular weight excluding hydrogens is 382 g/mol. The van der Waals surface area contributed by atoms with Gasteiger partial charge in [-0.3, -0.25) is 4.90 Å².